The highest BCUT2D eigenvalue weighted by Crippen LogP contribution is 2.23. The Balaban J connectivity index is 1.47. The average Bonchev–Trinajstić information content (AvgIpc) is 3.25. The number of imidazole rings is 1. The average molecular weight is 442 g/mol. The maximum Gasteiger partial charge on any atom is 0.259 e. The largest absolute Gasteiger partial charge is 0.457 e. The Morgan fingerprint density at radius 2 is 1.59 bits per heavy atom. The Labute approximate surface area is 190 Å². The van der Waals surface area contributed by atoms with Crippen LogP contribution in [0.5, 0.6) is 11.5 Å². The molecule has 0 saturated carbocycles. The van der Waals surface area contributed by atoms with Gasteiger partial charge in [-0.05, 0) is 48.9 Å². The molecule has 158 valence electrons. The number of hydrogen-bond acceptors (Lipinski definition) is 3. The standard InChI is InChI=1S/C26H20ClN3O2/c1-18-15-25(31)30-17-24(20-9-11-21(27)12-10-20)28-26(30)29(18)16-19-7-13-23(14-8-19)32-22-5-3-2-4-6-22/h2-15,17H,16H2,1H3. The molecule has 0 amide bonds. The van der Waals surface area contributed by atoms with Crippen molar-refractivity contribution in [2.24, 2.45) is 0 Å². The molecule has 0 saturated heterocycles. The zero-order valence-electron chi connectivity index (χ0n) is 17.4. The van der Waals surface area contributed by atoms with Crippen molar-refractivity contribution in [2.45, 2.75) is 13.5 Å². The van der Waals surface area contributed by atoms with Gasteiger partial charge in [-0.15, -0.1) is 0 Å². The quantitative estimate of drug-likeness (QED) is 0.338. The molecule has 0 aliphatic carbocycles. The van der Waals surface area contributed by atoms with Crippen LogP contribution in [0.1, 0.15) is 11.3 Å². The second kappa shape index (κ2) is 8.36. The van der Waals surface area contributed by atoms with E-state index in [0.717, 1.165) is 34.0 Å². The molecule has 0 aliphatic heterocycles. The lowest BCUT2D eigenvalue weighted by atomic mass is 10.2. The molecule has 32 heavy (non-hydrogen) atoms. The first-order chi connectivity index (χ1) is 15.6. The van der Waals surface area contributed by atoms with E-state index in [2.05, 4.69) is 0 Å². The first-order valence-electron chi connectivity index (χ1n) is 10.2. The predicted molar refractivity (Wildman–Crippen MR) is 127 cm³/mol. The second-order valence-electron chi connectivity index (χ2n) is 7.57. The lowest BCUT2D eigenvalue weighted by Gasteiger charge is -2.13. The maximum atomic E-state index is 12.6. The summed E-state index contributed by atoms with van der Waals surface area (Å²) in [6, 6.07) is 26.7. The van der Waals surface area contributed by atoms with Crippen LogP contribution in [0.4, 0.5) is 0 Å². The molecule has 0 atom stereocenters. The molecule has 3 aromatic carbocycles. The molecule has 0 N–H and O–H groups in total. The number of hydrogen-bond donors (Lipinski definition) is 0. The van der Waals surface area contributed by atoms with E-state index in [-0.39, 0.29) is 5.56 Å². The molecule has 2 heterocycles. The number of aryl methyl sites for hydroxylation is 1. The van der Waals surface area contributed by atoms with Crippen LogP contribution in [0.15, 0.2) is 95.9 Å². The summed E-state index contributed by atoms with van der Waals surface area (Å²) >= 11 is 6.01. The monoisotopic (exact) mass is 441 g/mol. The van der Waals surface area contributed by atoms with Crippen LogP contribution in [0.25, 0.3) is 17.0 Å². The zero-order valence-corrected chi connectivity index (χ0v) is 18.2. The number of ether oxygens (including phenoxy) is 1. The van der Waals surface area contributed by atoms with Gasteiger partial charge in [-0.3, -0.25) is 9.20 Å². The summed E-state index contributed by atoms with van der Waals surface area (Å²) in [5.41, 5.74) is 3.46. The van der Waals surface area contributed by atoms with Gasteiger partial charge in [0.25, 0.3) is 5.56 Å². The minimum Gasteiger partial charge on any atom is -0.457 e. The van der Waals surface area contributed by atoms with E-state index in [4.69, 9.17) is 21.3 Å². The SMILES string of the molecule is Cc1cc(=O)n2cc(-c3ccc(Cl)cc3)nc2n1Cc1ccc(Oc2ccccc2)cc1. The Bertz CT molecular complexity index is 1440. The van der Waals surface area contributed by atoms with E-state index >= 15 is 0 Å². The highest BCUT2D eigenvalue weighted by molar-refractivity contribution is 6.30. The van der Waals surface area contributed by atoms with Crippen molar-refractivity contribution in [2.75, 3.05) is 0 Å². The number of para-hydroxylation sites is 1. The number of aromatic nitrogens is 3. The van der Waals surface area contributed by atoms with Gasteiger partial charge in [0.1, 0.15) is 11.5 Å². The predicted octanol–water partition coefficient (Wildman–Crippen LogP) is 5.97. The van der Waals surface area contributed by atoms with Crippen molar-refractivity contribution < 1.29 is 4.74 Å². The van der Waals surface area contributed by atoms with Crippen molar-refractivity contribution >= 4 is 17.4 Å². The zero-order chi connectivity index (χ0) is 22.1. The van der Waals surface area contributed by atoms with Crippen molar-refractivity contribution in [3.05, 3.63) is 118 Å². The van der Waals surface area contributed by atoms with Crippen molar-refractivity contribution in [3.63, 3.8) is 0 Å². The Hall–Kier alpha value is -3.83. The molecule has 2 aromatic heterocycles. The normalized spacial score (nSPS) is 11.1. The van der Waals surface area contributed by atoms with Gasteiger partial charge in [-0.25, -0.2) is 4.98 Å². The fourth-order valence-electron chi connectivity index (χ4n) is 3.63. The third-order valence-electron chi connectivity index (χ3n) is 5.31. The van der Waals surface area contributed by atoms with E-state index in [9.17, 15) is 4.79 Å². The van der Waals surface area contributed by atoms with Crippen LogP contribution in [0.2, 0.25) is 5.02 Å². The Morgan fingerprint density at radius 3 is 2.31 bits per heavy atom. The van der Waals surface area contributed by atoms with Crippen LogP contribution < -0.4 is 10.3 Å². The van der Waals surface area contributed by atoms with Gasteiger partial charge in [-0.1, -0.05) is 54.1 Å². The maximum absolute atomic E-state index is 12.6. The van der Waals surface area contributed by atoms with Crippen molar-refractivity contribution in [1.29, 1.82) is 0 Å². The van der Waals surface area contributed by atoms with Crippen LogP contribution in [-0.2, 0) is 6.54 Å². The molecule has 0 spiro atoms. The summed E-state index contributed by atoms with van der Waals surface area (Å²) in [4.78, 5) is 17.4. The molecule has 5 rings (SSSR count). The highest BCUT2D eigenvalue weighted by atomic mass is 35.5. The van der Waals surface area contributed by atoms with Crippen molar-refractivity contribution in [3.8, 4) is 22.8 Å². The van der Waals surface area contributed by atoms with Gasteiger partial charge in [0, 0.05) is 28.5 Å². The number of benzene rings is 3. The number of fused-ring (bicyclic) bond motifs is 1. The van der Waals surface area contributed by atoms with Gasteiger partial charge in [0.15, 0.2) is 0 Å². The first-order valence-corrected chi connectivity index (χ1v) is 10.6. The number of nitrogens with zero attached hydrogens (tertiary/aromatic N) is 3. The summed E-state index contributed by atoms with van der Waals surface area (Å²) in [6.45, 7) is 2.50. The summed E-state index contributed by atoms with van der Waals surface area (Å²) in [5, 5.41) is 0.660. The molecular formula is C26H20ClN3O2. The molecule has 5 aromatic rings. The van der Waals surface area contributed by atoms with E-state index in [1.807, 2.05) is 90.4 Å². The van der Waals surface area contributed by atoms with Gasteiger partial charge in [0.2, 0.25) is 5.78 Å². The summed E-state index contributed by atoms with van der Waals surface area (Å²) in [5.74, 6) is 2.17. The summed E-state index contributed by atoms with van der Waals surface area (Å²) < 4.78 is 9.50. The van der Waals surface area contributed by atoms with Gasteiger partial charge in [-0.2, -0.15) is 0 Å². The molecule has 0 fully saturated rings. The van der Waals surface area contributed by atoms with Gasteiger partial charge < -0.3 is 9.30 Å². The molecule has 0 unspecified atom stereocenters. The third kappa shape index (κ3) is 4.03. The summed E-state index contributed by atoms with van der Waals surface area (Å²) in [7, 11) is 0. The van der Waals surface area contributed by atoms with Crippen molar-refractivity contribution in [1.82, 2.24) is 14.0 Å². The van der Waals surface area contributed by atoms with Crippen LogP contribution in [0.3, 0.4) is 0 Å². The lowest BCUT2D eigenvalue weighted by molar-refractivity contribution is 0.482. The smallest absolute Gasteiger partial charge is 0.259 e. The molecule has 0 aliphatic rings. The molecule has 6 heteroatoms. The van der Waals surface area contributed by atoms with Gasteiger partial charge in [0.05, 0.1) is 12.2 Å². The Morgan fingerprint density at radius 1 is 0.906 bits per heavy atom. The molecule has 0 radical (unpaired) electrons. The molecule has 5 nitrogen and oxygen atoms in total. The van der Waals surface area contributed by atoms with Crippen LogP contribution >= 0.6 is 11.6 Å². The molecular weight excluding hydrogens is 422 g/mol. The Kier molecular flexibility index (Phi) is 5.25. The minimum absolute atomic E-state index is 0.104. The highest BCUT2D eigenvalue weighted by Gasteiger charge is 2.12. The lowest BCUT2D eigenvalue weighted by Crippen LogP contribution is -2.19. The van der Waals surface area contributed by atoms with Crippen LogP contribution in [0, 0.1) is 6.92 Å². The van der Waals surface area contributed by atoms with Crippen LogP contribution in [-0.4, -0.2) is 14.0 Å². The fraction of sp³-hybridized carbons (Fsp3) is 0.0769. The van der Waals surface area contributed by atoms with E-state index in [1.54, 1.807) is 16.7 Å². The first kappa shape index (κ1) is 20.1. The van der Waals surface area contributed by atoms with E-state index in [1.165, 1.54) is 0 Å². The topological polar surface area (TPSA) is 48.5 Å². The number of rotatable bonds is 5. The summed E-state index contributed by atoms with van der Waals surface area (Å²) in [6.07, 6.45) is 1.77. The molecule has 0 bridgehead atoms. The second-order valence-corrected chi connectivity index (χ2v) is 8.01. The van der Waals surface area contributed by atoms with Gasteiger partial charge >= 0.3 is 0 Å². The number of halogens is 1. The minimum atomic E-state index is -0.104. The van der Waals surface area contributed by atoms with E-state index < -0.39 is 0 Å². The van der Waals surface area contributed by atoms with E-state index in [0.29, 0.717) is 17.3 Å². The fourth-order valence-corrected chi connectivity index (χ4v) is 3.76. The third-order valence-corrected chi connectivity index (χ3v) is 5.56.